The summed E-state index contributed by atoms with van der Waals surface area (Å²) in [5, 5.41) is 8.61. The Morgan fingerprint density at radius 1 is 1.19 bits per heavy atom. The van der Waals surface area contributed by atoms with Gasteiger partial charge < -0.3 is 25.2 Å². The Labute approximate surface area is 233 Å². The first-order chi connectivity index (χ1) is 17.3. The third-order valence-electron chi connectivity index (χ3n) is 6.39. The fourth-order valence-electron chi connectivity index (χ4n) is 4.21. The van der Waals surface area contributed by atoms with Crippen LogP contribution in [0.5, 0.6) is 5.75 Å². The molecule has 1 aliphatic heterocycles. The lowest BCUT2D eigenvalue weighted by molar-refractivity contribution is 0.102. The Hall–Kier alpha value is -1.69. The Morgan fingerprint density at radius 2 is 1.92 bits per heavy atom. The number of hydrogen-bond donors (Lipinski definition) is 2. The zero-order valence-corrected chi connectivity index (χ0v) is 24.4. The number of carbonyl (C=O) groups excluding carboxylic acids is 1. The molecule has 2 N–H and O–H groups in total. The lowest BCUT2D eigenvalue weighted by Crippen LogP contribution is -2.46. The molecule has 3 aromatic rings. The van der Waals surface area contributed by atoms with Crippen molar-refractivity contribution in [3.05, 3.63) is 37.4 Å². The van der Waals surface area contributed by atoms with Crippen LogP contribution in [-0.4, -0.2) is 78.6 Å². The van der Waals surface area contributed by atoms with Crippen LogP contribution in [0.25, 0.3) is 10.2 Å². The third-order valence-corrected chi connectivity index (χ3v) is 9.16. The van der Waals surface area contributed by atoms with Crippen molar-refractivity contribution >= 4 is 78.1 Å². The number of anilines is 2. The van der Waals surface area contributed by atoms with Gasteiger partial charge in [-0.3, -0.25) is 4.79 Å². The predicted octanol–water partition coefficient (Wildman–Crippen LogP) is 5.77. The minimum absolute atomic E-state index is 0.223. The molecular formula is C24H29BrCl2N6O2S. The molecule has 194 valence electrons. The number of methoxy groups -OCH3 is 1. The fraction of sp³-hybridized carbons (Fsp3) is 0.458. The van der Waals surface area contributed by atoms with E-state index < -0.39 is 0 Å². The first kappa shape index (κ1) is 27.3. The van der Waals surface area contributed by atoms with Crippen LogP contribution in [0.3, 0.4) is 0 Å². The fourth-order valence-corrected chi connectivity index (χ4v) is 6.56. The molecule has 8 nitrogen and oxygen atoms in total. The number of rotatable bonds is 9. The number of piperazine rings is 1. The second-order valence-corrected chi connectivity index (χ2v) is 11.0. The van der Waals surface area contributed by atoms with Gasteiger partial charge in [-0.15, -0.1) is 11.3 Å². The molecule has 0 atom stereocenters. The summed E-state index contributed by atoms with van der Waals surface area (Å²) in [6, 6.07) is 0. The first-order valence-corrected chi connectivity index (χ1v) is 14.2. The van der Waals surface area contributed by atoms with Gasteiger partial charge in [-0.2, -0.15) is 0 Å². The van der Waals surface area contributed by atoms with Crippen LogP contribution in [-0.2, 0) is 0 Å². The number of nitrogens with one attached hydrogen (secondary N) is 2. The summed E-state index contributed by atoms with van der Waals surface area (Å²) in [5.41, 5.74) is 2.02. The lowest BCUT2D eigenvalue weighted by Gasteiger charge is -2.33. The van der Waals surface area contributed by atoms with Crippen molar-refractivity contribution in [2.24, 2.45) is 0 Å². The summed E-state index contributed by atoms with van der Waals surface area (Å²) in [5.74, 6) is 0.784. The lowest BCUT2D eigenvalue weighted by atomic mass is 10.2. The van der Waals surface area contributed by atoms with Crippen molar-refractivity contribution in [1.82, 2.24) is 19.8 Å². The highest BCUT2D eigenvalue weighted by atomic mass is 79.9. The summed E-state index contributed by atoms with van der Waals surface area (Å²) in [6.45, 7) is 11.5. The second-order valence-electron chi connectivity index (χ2n) is 8.53. The Morgan fingerprint density at radius 3 is 2.61 bits per heavy atom. The van der Waals surface area contributed by atoms with E-state index in [0.29, 0.717) is 37.6 Å². The molecule has 0 saturated carbocycles. The second kappa shape index (κ2) is 12.2. The van der Waals surface area contributed by atoms with Crippen molar-refractivity contribution < 1.29 is 9.53 Å². The van der Waals surface area contributed by atoms with E-state index in [-0.39, 0.29) is 10.9 Å². The summed E-state index contributed by atoms with van der Waals surface area (Å²) in [6.07, 6.45) is 2.49. The molecule has 0 spiro atoms. The smallest absolute Gasteiger partial charge is 0.258 e. The number of carbonyl (C=O) groups is 1. The van der Waals surface area contributed by atoms with E-state index >= 15 is 0 Å². The van der Waals surface area contributed by atoms with Gasteiger partial charge in [0.05, 0.1) is 38.1 Å². The third kappa shape index (κ3) is 5.74. The average molecular weight is 616 g/mol. The van der Waals surface area contributed by atoms with Gasteiger partial charge in [0.2, 0.25) is 0 Å². The van der Waals surface area contributed by atoms with Crippen LogP contribution in [0, 0.1) is 6.92 Å². The largest absolute Gasteiger partial charge is 0.494 e. The van der Waals surface area contributed by atoms with Crippen molar-refractivity contribution in [1.29, 1.82) is 0 Å². The molecule has 1 fully saturated rings. The summed E-state index contributed by atoms with van der Waals surface area (Å²) in [7, 11) is 1.51. The van der Waals surface area contributed by atoms with E-state index in [1.807, 2.05) is 6.92 Å². The zero-order chi connectivity index (χ0) is 25.8. The summed E-state index contributed by atoms with van der Waals surface area (Å²) in [4.78, 5) is 27.0. The van der Waals surface area contributed by atoms with Gasteiger partial charge >= 0.3 is 0 Å². The average Bonchev–Trinajstić information content (AvgIpc) is 3.33. The number of thiophene rings is 1. The number of aromatic nitrogens is 2. The number of halogens is 3. The van der Waals surface area contributed by atoms with Crippen LogP contribution in [0.1, 0.15) is 29.3 Å². The van der Waals surface area contributed by atoms with E-state index in [4.69, 9.17) is 27.9 Å². The number of nitrogens with zero attached hydrogens (tertiary/aromatic N) is 4. The molecule has 12 heteroatoms. The Balaban J connectivity index is 1.43. The summed E-state index contributed by atoms with van der Waals surface area (Å²) >= 11 is 17.9. The van der Waals surface area contributed by atoms with Gasteiger partial charge in [0.15, 0.2) is 5.75 Å². The highest BCUT2D eigenvalue weighted by molar-refractivity contribution is 9.10. The van der Waals surface area contributed by atoms with E-state index in [0.717, 1.165) is 62.8 Å². The van der Waals surface area contributed by atoms with Gasteiger partial charge in [-0.25, -0.2) is 9.97 Å². The molecule has 0 unspecified atom stereocenters. The molecule has 0 bridgehead atoms. The Kier molecular flexibility index (Phi) is 9.29. The van der Waals surface area contributed by atoms with Gasteiger partial charge in [-0.1, -0.05) is 30.1 Å². The molecule has 1 saturated heterocycles. The maximum absolute atomic E-state index is 13.2. The number of hydrogen-bond acceptors (Lipinski definition) is 8. The van der Waals surface area contributed by atoms with Crippen LogP contribution < -0.4 is 15.4 Å². The molecule has 0 aliphatic carbocycles. The first-order valence-electron chi connectivity index (χ1n) is 11.8. The van der Waals surface area contributed by atoms with Gasteiger partial charge in [0, 0.05) is 38.1 Å². The maximum Gasteiger partial charge on any atom is 0.258 e. The van der Waals surface area contributed by atoms with Crippen LogP contribution in [0.4, 0.5) is 11.5 Å². The van der Waals surface area contributed by atoms with Gasteiger partial charge in [0.1, 0.15) is 17.2 Å². The number of likely N-dealkylation sites (N-methyl/N-ethyl adjacent to an activating group) is 1. The van der Waals surface area contributed by atoms with Crippen LogP contribution in [0.2, 0.25) is 10.0 Å². The van der Waals surface area contributed by atoms with Gasteiger partial charge in [0.25, 0.3) is 5.91 Å². The van der Waals surface area contributed by atoms with Crippen molar-refractivity contribution in [3.63, 3.8) is 0 Å². The number of fused-ring (bicyclic) bond motifs is 1. The predicted molar refractivity (Wildman–Crippen MR) is 152 cm³/mol. The van der Waals surface area contributed by atoms with Crippen LogP contribution in [0.15, 0.2) is 16.2 Å². The van der Waals surface area contributed by atoms with E-state index in [1.54, 1.807) is 5.38 Å². The maximum atomic E-state index is 13.2. The quantitative estimate of drug-likeness (QED) is 0.296. The monoisotopic (exact) mass is 614 g/mol. The number of amides is 1. The van der Waals surface area contributed by atoms with Crippen molar-refractivity contribution in [2.75, 3.05) is 63.6 Å². The minimum Gasteiger partial charge on any atom is -0.494 e. The molecular weight excluding hydrogens is 587 g/mol. The molecule has 36 heavy (non-hydrogen) atoms. The molecule has 1 aromatic carbocycles. The van der Waals surface area contributed by atoms with Gasteiger partial charge in [-0.05, 0) is 47.9 Å². The van der Waals surface area contributed by atoms with Crippen molar-refractivity contribution in [3.8, 4) is 5.75 Å². The highest BCUT2D eigenvalue weighted by Crippen LogP contribution is 2.46. The minimum atomic E-state index is -0.357. The van der Waals surface area contributed by atoms with E-state index in [1.165, 1.54) is 24.8 Å². The highest BCUT2D eigenvalue weighted by Gasteiger charge is 2.23. The standard InChI is InChI=1S/C24H29BrCl2N6O2S/c1-4-32-8-10-33(11-9-32)7-5-6-28-23-22-19(29-13-30-23)15(12-36-22)24(34)31-20-17(26)14(2)16(25)21(35-3)18(20)27/h12-13H,4-11H2,1-3H3,(H,31,34)(H,28,29,30). The van der Waals surface area contributed by atoms with E-state index in [9.17, 15) is 4.79 Å². The van der Waals surface area contributed by atoms with Crippen molar-refractivity contribution in [2.45, 2.75) is 20.3 Å². The number of benzene rings is 1. The number of ether oxygens (including phenoxy) is 1. The SMILES string of the molecule is CCN1CCN(CCCNc2ncnc3c(C(=O)Nc4c(Cl)c(C)c(Br)c(OC)c4Cl)csc23)CC1. The molecule has 1 aliphatic rings. The molecule has 2 aromatic heterocycles. The van der Waals surface area contributed by atoms with Crippen LogP contribution >= 0.6 is 50.5 Å². The molecule has 0 radical (unpaired) electrons. The summed E-state index contributed by atoms with van der Waals surface area (Å²) < 4.78 is 6.86. The van der Waals surface area contributed by atoms with E-state index in [2.05, 4.69) is 53.3 Å². The zero-order valence-electron chi connectivity index (χ0n) is 20.5. The topological polar surface area (TPSA) is 82.6 Å². The molecule has 1 amide bonds. The molecule has 4 rings (SSSR count). The molecule has 3 heterocycles. The normalized spacial score (nSPS) is 14.8. The Bertz CT molecular complexity index is 1250.